The summed E-state index contributed by atoms with van der Waals surface area (Å²) in [6.07, 6.45) is 8.65. The van der Waals surface area contributed by atoms with Gasteiger partial charge in [0.1, 0.15) is 0 Å². The van der Waals surface area contributed by atoms with E-state index in [0.717, 1.165) is 28.9 Å². The van der Waals surface area contributed by atoms with Gasteiger partial charge in [-0.2, -0.15) is 0 Å². The first-order chi connectivity index (χ1) is 19.1. The smallest absolute Gasteiger partial charge is 0.256 e. The highest BCUT2D eigenvalue weighted by molar-refractivity contribution is 6.34. The molecule has 2 heterocycles. The second-order valence-electron chi connectivity index (χ2n) is 9.81. The van der Waals surface area contributed by atoms with E-state index in [1.54, 1.807) is 24.3 Å². The minimum Gasteiger partial charge on any atom is -0.373 e. The number of ether oxygens (including phenoxy) is 1. The van der Waals surface area contributed by atoms with Gasteiger partial charge in [-0.1, -0.05) is 72.3 Å². The van der Waals surface area contributed by atoms with Crippen LogP contribution in [0.2, 0.25) is 5.02 Å². The number of benzene rings is 3. The van der Waals surface area contributed by atoms with Gasteiger partial charge in [0.05, 0.1) is 35.9 Å². The van der Waals surface area contributed by atoms with Gasteiger partial charge in [0.25, 0.3) is 5.91 Å². The van der Waals surface area contributed by atoms with Gasteiger partial charge in [-0.15, -0.1) is 0 Å². The Morgan fingerprint density at radius 2 is 1.79 bits per heavy atom. The Hall–Kier alpha value is -4.13. The van der Waals surface area contributed by atoms with Crippen molar-refractivity contribution in [2.45, 2.75) is 12.5 Å². The monoisotopic (exact) mass is 537 g/mol. The molecule has 196 valence electrons. The topological polar surface area (TPSA) is 70.7 Å². The number of allylic oxidation sites excluding steroid dienone is 1. The maximum Gasteiger partial charge on any atom is 0.256 e. The Morgan fingerprint density at radius 1 is 0.974 bits per heavy atom. The number of halogens is 1. The average Bonchev–Trinajstić information content (AvgIpc) is 3.17. The molecule has 0 saturated carbocycles. The normalized spacial score (nSPS) is 20.0. The number of hydrogen-bond acceptors (Lipinski definition) is 5. The first kappa shape index (κ1) is 25.2. The standard InChI is InChI=1S/C32H28ClN3O3/c33-29-17-23(35-32(38)26-11-5-4-10-25(26)21-7-2-1-3-8-21)13-14-27(29)31(37)28-12-6-9-22-18-34-19-24-20-39-16-15-36(24)30(22)28/h1-11,13-14,17-19,28,30,34H,12,15-16,20H2,(H,35,38)/t28?,30-/m0/s1. The van der Waals surface area contributed by atoms with Crippen molar-refractivity contribution < 1.29 is 14.3 Å². The minimum atomic E-state index is -0.293. The number of Topliss-reactive ketones (excluding diaryl/α,β-unsaturated/α-hetero) is 1. The summed E-state index contributed by atoms with van der Waals surface area (Å²) in [4.78, 5) is 29.4. The molecule has 3 aromatic rings. The molecule has 0 radical (unpaired) electrons. The van der Waals surface area contributed by atoms with Crippen LogP contribution in [-0.2, 0) is 4.74 Å². The largest absolute Gasteiger partial charge is 0.373 e. The van der Waals surface area contributed by atoms with E-state index in [1.807, 2.05) is 67.0 Å². The Kier molecular flexibility index (Phi) is 7.05. The summed E-state index contributed by atoms with van der Waals surface area (Å²) in [5, 5.41) is 6.51. The molecule has 3 aliphatic rings. The summed E-state index contributed by atoms with van der Waals surface area (Å²) >= 11 is 6.68. The van der Waals surface area contributed by atoms with Crippen LogP contribution in [0.1, 0.15) is 27.1 Å². The zero-order valence-electron chi connectivity index (χ0n) is 21.3. The van der Waals surface area contributed by atoms with Crippen molar-refractivity contribution in [1.29, 1.82) is 0 Å². The van der Waals surface area contributed by atoms with Crippen LogP contribution in [0.15, 0.2) is 109 Å². The third-order valence-corrected chi connectivity index (χ3v) is 7.75. The number of fused-ring (bicyclic) bond motifs is 3. The number of carbonyl (C=O) groups excluding carboxylic acids is 2. The quantitative estimate of drug-likeness (QED) is 0.388. The molecule has 3 aromatic carbocycles. The van der Waals surface area contributed by atoms with Gasteiger partial charge in [-0.3, -0.25) is 9.59 Å². The lowest BCUT2D eigenvalue weighted by Gasteiger charge is -2.42. The lowest BCUT2D eigenvalue weighted by atomic mass is 9.79. The van der Waals surface area contributed by atoms with E-state index in [-0.39, 0.29) is 23.7 Å². The molecular weight excluding hydrogens is 510 g/mol. The maximum atomic E-state index is 13.9. The highest BCUT2D eigenvalue weighted by Crippen LogP contribution is 2.36. The highest BCUT2D eigenvalue weighted by Gasteiger charge is 2.39. The summed E-state index contributed by atoms with van der Waals surface area (Å²) < 4.78 is 5.65. The van der Waals surface area contributed by atoms with E-state index >= 15 is 0 Å². The molecule has 0 bridgehead atoms. The molecule has 0 aromatic heterocycles. The number of amides is 1. The van der Waals surface area contributed by atoms with Crippen molar-refractivity contribution in [2.24, 2.45) is 5.92 Å². The van der Waals surface area contributed by atoms with E-state index in [9.17, 15) is 9.59 Å². The van der Waals surface area contributed by atoms with Gasteiger partial charge in [0, 0.05) is 35.8 Å². The van der Waals surface area contributed by atoms with Crippen LogP contribution < -0.4 is 10.6 Å². The molecule has 1 saturated heterocycles. The Labute approximate surface area is 232 Å². The third kappa shape index (κ3) is 5.01. The van der Waals surface area contributed by atoms with Gasteiger partial charge in [0.15, 0.2) is 5.78 Å². The summed E-state index contributed by atoms with van der Waals surface area (Å²) in [5.74, 6) is -0.548. The highest BCUT2D eigenvalue weighted by atomic mass is 35.5. The van der Waals surface area contributed by atoms with Gasteiger partial charge in [-0.05, 0) is 47.4 Å². The van der Waals surface area contributed by atoms with Crippen molar-refractivity contribution in [2.75, 3.05) is 25.1 Å². The van der Waals surface area contributed by atoms with Crippen LogP contribution in [0.4, 0.5) is 5.69 Å². The van der Waals surface area contributed by atoms with E-state index in [4.69, 9.17) is 16.3 Å². The second-order valence-corrected chi connectivity index (χ2v) is 10.2. The van der Waals surface area contributed by atoms with Gasteiger partial charge < -0.3 is 20.3 Å². The molecule has 1 amide bonds. The zero-order valence-corrected chi connectivity index (χ0v) is 22.0. The van der Waals surface area contributed by atoms with Gasteiger partial charge in [0.2, 0.25) is 0 Å². The van der Waals surface area contributed by atoms with Crippen molar-refractivity contribution in [3.63, 3.8) is 0 Å². The fourth-order valence-corrected chi connectivity index (χ4v) is 5.85. The number of nitrogens with one attached hydrogen (secondary N) is 2. The molecule has 1 fully saturated rings. The zero-order chi connectivity index (χ0) is 26.8. The van der Waals surface area contributed by atoms with E-state index in [0.29, 0.717) is 41.5 Å². The van der Waals surface area contributed by atoms with Crippen molar-refractivity contribution in [3.8, 4) is 11.1 Å². The first-order valence-electron chi connectivity index (χ1n) is 13.1. The number of hydrogen-bond donors (Lipinski definition) is 2. The number of ketones is 1. The number of nitrogens with zero attached hydrogens (tertiary/aromatic N) is 1. The van der Waals surface area contributed by atoms with Crippen LogP contribution in [-0.4, -0.2) is 42.4 Å². The van der Waals surface area contributed by atoms with Crippen LogP contribution in [0.25, 0.3) is 11.1 Å². The molecule has 0 spiro atoms. The number of carbonyl (C=O) groups is 2. The molecule has 2 atom stereocenters. The van der Waals surface area contributed by atoms with Gasteiger partial charge in [-0.25, -0.2) is 0 Å². The van der Waals surface area contributed by atoms with Crippen LogP contribution in [0.3, 0.4) is 0 Å². The average molecular weight is 538 g/mol. The Bertz CT molecular complexity index is 1510. The third-order valence-electron chi connectivity index (χ3n) is 7.44. The predicted octanol–water partition coefficient (Wildman–Crippen LogP) is 6.05. The number of morpholine rings is 1. The van der Waals surface area contributed by atoms with Crippen molar-refractivity contribution in [3.05, 3.63) is 125 Å². The fraction of sp³-hybridized carbons (Fsp3) is 0.188. The fourth-order valence-electron chi connectivity index (χ4n) is 5.58. The van der Waals surface area contributed by atoms with Crippen LogP contribution >= 0.6 is 11.6 Å². The van der Waals surface area contributed by atoms with E-state index < -0.39 is 0 Å². The van der Waals surface area contributed by atoms with Crippen LogP contribution in [0.5, 0.6) is 0 Å². The van der Waals surface area contributed by atoms with Crippen molar-refractivity contribution >= 4 is 29.0 Å². The SMILES string of the molecule is O=C(Nc1ccc(C(=O)C2CC=CC3=CNC=C4COCCN4[C@@H]32)c(Cl)c1)c1ccccc1-c1ccccc1. The molecule has 2 aliphatic heterocycles. The number of anilines is 1. The van der Waals surface area contributed by atoms with Gasteiger partial charge >= 0.3 is 0 Å². The minimum absolute atomic E-state index is 0.0136. The Morgan fingerprint density at radius 3 is 2.64 bits per heavy atom. The van der Waals surface area contributed by atoms with E-state index in [1.165, 1.54) is 0 Å². The molecule has 7 heteroatoms. The molecule has 6 rings (SSSR count). The Balaban J connectivity index is 1.24. The first-order valence-corrected chi connectivity index (χ1v) is 13.4. The molecule has 1 unspecified atom stereocenters. The summed E-state index contributed by atoms with van der Waals surface area (Å²) in [6.45, 7) is 1.85. The second kappa shape index (κ2) is 10.9. The molecule has 2 N–H and O–H groups in total. The van der Waals surface area contributed by atoms with E-state index in [2.05, 4.69) is 21.6 Å². The predicted molar refractivity (Wildman–Crippen MR) is 153 cm³/mol. The molecular formula is C32H28ClN3O3. The molecule has 1 aliphatic carbocycles. The lowest BCUT2D eigenvalue weighted by molar-refractivity contribution is 0.0455. The summed E-state index contributed by atoms with van der Waals surface area (Å²) in [5.41, 5.74) is 5.45. The van der Waals surface area contributed by atoms with Crippen LogP contribution in [0, 0.1) is 5.92 Å². The van der Waals surface area contributed by atoms with Crippen molar-refractivity contribution in [1.82, 2.24) is 10.2 Å². The lowest BCUT2D eigenvalue weighted by Crippen LogP contribution is -2.48. The summed E-state index contributed by atoms with van der Waals surface area (Å²) in [7, 11) is 0. The maximum absolute atomic E-state index is 13.9. The summed E-state index contributed by atoms with van der Waals surface area (Å²) in [6, 6.07) is 22.3. The number of rotatable bonds is 5. The molecule has 39 heavy (non-hydrogen) atoms. The molecule has 6 nitrogen and oxygen atoms in total.